The van der Waals surface area contributed by atoms with Crippen molar-refractivity contribution in [1.29, 1.82) is 0 Å². The average molecular weight is 537 g/mol. The quantitative estimate of drug-likeness (QED) is 0.306. The van der Waals surface area contributed by atoms with Gasteiger partial charge in [-0.1, -0.05) is 60.7 Å². The van der Waals surface area contributed by atoms with E-state index in [-0.39, 0.29) is 11.8 Å². The fraction of sp³-hybridized carbons (Fsp3) is 0.250. The summed E-state index contributed by atoms with van der Waals surface area (Å²) in [7, 11) is 1.78. The van der Waals surface area contributed by atoms with Gasteiger partial charge in [0.15, 0.2) is 0 Å². The number of pyridine rings is 1. The normalized spacial score (nSPS) is 14.0. The standard InChI is InChI=1S/C32H32N4O4/c1-34-29-20-25(35-18-16-26(37)17-19-35)12-13-27(29)36(32(34)38)28-14-15-30(39-21-23-8-4-2-5-9-23)33-31(28)40-22-24-10-6-3-7-11-24/h2-15,20,26,37H,16-19,21-22H2,1H3. The summed E-state index contributed by atoms with van der Waals surface area (Å²) in [5.41, 5.74) is 5.00. The molecule has 3 heterocycles. The first kappa shape index (κ1) is 25.7. The summed E-state index contributed by atoms with van der Waals surface area (Å²) in [5, 5.41) is 9.91. The molecular weight excluding hydrogens is 504 g/mol. The molecule has 0 bridgehead atoms. The van der Waals surface area contributed by atoms with Gasteiger partial charge in [0.05, 0.1) is 17.1 Å². The number of piperidine rings is 1. The highest BCUT2D eigenvalue weighted by Crippen LogP contribution is 2.30. The number of benzene rings is 3. The number of rotatable bonds is 8. The summed E-state index contributed by atoms with van der Waals surface area (Å²) in [6, 6.07) is 29.4. The molecular formula is C32H32N4O4. The Balaban J connectivity index is 1.37. The predicted molar refractivity (Wildman–Crippen MR) is 155 cm³/mol. The van der Waals surface area contributed by atoms with Crippen LogP contribution in [0.2, 0.25) is 0 Å². The maximum absolute atomic E-state index is 13.6. The monoisotopic (exact) mass is 536 g/mol. The number of hydrogen-bond donors (Lipinski definition) is 1. The Bertz CT molecular complexity index is 1660. The lowest BCUT2D eigenvalue weighted by Crippen LogP contribution is -2.35. The van der Waals surface area contributed by atoms with Gasteiger partial charge in [0.1, 0.15) is 18.9 Å². The number of ether oxygens (including phenoxy) is 2. The Morgan fingerprint density at radius 2 is 1.48 bits per heavy atom. The average Bonchev–Trinajstić information content (AvgIpc) is 3.25. The van der Waals surface area contributed by atoms with E-state index in [2.05, 4.69) is 9.88 Å². The van der Waals surface area contributed by atoms with Crippen molar-refractivity contribution in [3.8, 4) is 17.4 Å². The van der Waals surface area contributed by atoms with Gasteiger partial charge in [-0.3, -0.25) is 9.13 Å². The number of aliphatic hydroxyl groups is 1. The molecule has 0 amide bonds. The second kappa shape index (κ2) is 11.3. The summed E-state index contributed by atoms with van der Waals surface area (Å²) >= 11 is 0. The van der Waals surface area contributed by atoms with Crippen LogP contribution in [0.3, 0.4) is 0 Å². The SMILES string of the molecule is Cn1c(=O)n(-c2ccc(OCc3ccccc3)nc2OCc2ccccc2)c2ccc(N3CCC(O)CC3)cc21. The molecule has 1 aliphatic rings. The van der Waals surface area contributed by atoms with Crippen LogP contribution >= 0.6 is 0 Å². The van der Waals surface area contributed by atoms with Gasteiger partial charge in [0.2, 0.25) is 11.8 Å². The van der Waals surface area contributed by atoms with Gasteiger partial charge in [-0.2, -0.15) is 4.98 Å². The molecule has 1 fully saturated rings. The first-order chi connectivity index (χ1) is 19.6. The number of fused-ring (bicyclic) bond motifs is 1. The molecule has 0 spiro atoms. The van der Waals surface area contributed by atoms with E-state index >= 15 is 0 Å². The van der Waals surface area contributed by atoms with E-state index in [4.69, 9.17) is 9.47 Å². The number of aryl methyl sites for hydroxylation is 1. The van der Waals surface area contributed by atoms with Crippen molar-refractivity contribution >= 4 is 16.7 Å². The summed E-state index contributed by atoms with van der Waals surface area (Å²) < 4.78 is 15.5. The number of nitrogens with zero attached hydrogens (tertiary/aromatic N) is 4. The van der Waals surface area contributed by atoms with Crippen LogP contribution in [0.25, 0.3) is 16.7 Å². The van der Waals surface area contributed by atoms with Crippen LogP contribution in [0.15, 0.2) is 95.8 Å². The van der Waals surface area contributed by atoms with E-state index in [0.29, 0.717) is 30.7 Å². The van der Waals surface area contributed by atoms with Gasteiger partial charge in [-0.15, -0.1) is 0 Å². The topological polar surface area (TPSA) is 81.8 Å². The van der Waals surface area contributed by atoms with Crippen molar-refractivity contribution in [2.75, 3.05) is 18.0 Å². The van der Waals surface area contributed by atoms with E-state index in [9.17, 15) is 9.90 Å². The highest BCUT2D eigenvalue weighted by atomic mass is 16.5. The molecule has 8 heteroatoms. The van der Waals surface area contributed by atoms with Crippen LogP contribution in [-0.4, -0.2) is 38.4 Å². The smallest absolute Gasteiger partial charge is 0.333 e. The van der Waals surface area contributed by atoms with E-state index < -0.39 is 0 Å². The third-order valence-electron chi connectivity index (χ3n) is 7.37. The van der Waals surface area contributed by atoms with E-state index in [0.717, 1.165) is 53.8 Å². The fourth-order valence-electron chi connectivity index (χ4n) is 5.11. The maximum Gasteiger partial charge on any atom is 0.333 e. The zero-order valence-corrected chi connectivity index (χ0v) is 22.4. The lowest BCUT2D eigenvalue weighted by Gasteiger charge is -2.31. The summed E-state index contributed by atoms with van der Waals surface area (Å²) in [6.07, 6.45) is 1.24. The highest BCUT2D eigenvalue weighted by Gasteiger charge is 2.21. The Hall–Kier alpha value is -4.56. The number of imidazole rings is 1. The molecule has 0 saturated carbocycles. The van der Waals surface area contributed by atoms with Crippen LogP contribution in [-0.2, 0) is 20.3 Å². The molecule has 8 nitrogen and oxygen atoms in total. The van der Waals surface area contributed by atoms with E-state index in [1.807, 2.05) is 84.9 Å². The summed E-state index contributed by atoms with van der Waals surface area (Å²) in [4.78, 5) is 20.5. The number of aromatic nitrogens is 3. The zero-order chi connectivity index (χ0) is 27.5. The van der Waals surface area contributed by atoms with Crippen molar-refractivity contribution in [2.45, 2.75) is 32.2 Å². The van der Waals surface area contributed by atoms with Crippen LogP contribution in [0.4, 0.5) is 5.69 Å². The van der Waals surface area contributed by atoms with Crippen molar-refractivity contribution in [2.24, 2.45) is 7.05 Å². The van der Waals surface area contributed by atoms with Gasteiger partial charge in [0, 0.05) is 31.9 Å². The number of anilines is 1. The molecule has 2 aromatic heterocycles. The minimum atomic E-state index is -0.244. The van der Waals surface area contributed by atoms with Crippen LogP contribution in [0.1, 0.15) is 24.0 Å². The molecule has 204 valence electrons. The zero-order valence-electron chi connectivity index (χ0n) is 22.4. The Labute approximate surface area is 232 Å². The van der Waals surface area contributed by atoms with Gasteiger partial charge < -0.3 is 19.5 Å². The second-order valence-corrected chi connectivity index (χ2v) is 10.1. The van der Waals surface area contributed by atoms with E-state index in [1.165, 1.54) is 0 Å². The summed E-state index contributed by atoms with van der Waals surface area (Å²) in [5.74, 6) is 0.733. The Morgan fingerprint density at radius 3 is 2.15 bits per heavy atom. The van der Waals surface area contributed by atoms with Crippen molar-refractivity contribution in [3.63, 3.8) is 0 Å². The molecule has 5 aromatic rings. The molecule has 1 N–H and O–H groups in total. The summed E-state index contributed by atoms with van der Waals surface area (Å²) in [6.45, 7) is 2.24. The molecule has 40 heavy (non-hydrogen) atoms. The molecule has 3 aromatic carbocycles. The minimum absolute atomic E-state index is 0.189. The molecule has 0 radical (unpaired) electrons. The van der Waals surface area contributed by atoms with Gasteiger partial charge in [0.25, 0.3) is 0 Å². The van der Waals surface area contributed by atoms with Crippen LogP contribution < -0.4 is 20.1 Å². The number of aliphatic hydroxyl groups excluding tert-OH is 1. The largest absolute Gasteiger partial charge is 0.473 e. The lowest BCUT2D eigenvalue weighted by molar-refractivity contribution is 0.145. The highest BCUT2D eigenvalue weighted by molar-refractivity contribution is 5.82. The van der Waals surface area contributed by atoms with Crippen molar-refractivity contribution in [1.82, 2.24) is 14.1 Å². The van der Waals surface area contributed by atoms with Crippen molar-refractivity contribution < 1.29 is 14.6 Å². The van der Waals surface area contributed by atoms with Gasteiger partial charge in [-0.25, -0.2) is 4.79 Å². The maximum atomic E-state index is 13.6. The van der Waals surface area contributed by atoms with Crippen LogP contribution in [0, 0.1) is 0 Å². The molecule has 0 unspecified atom stereocenters. The first-order valence-corrected chi connectivity index (χ1v) is 13.6. The van der Waals surface area contributed by atoms with Gasteiger partial charge >= 0.3 is 5.69 Å². The fourth-order valence-corrected chi connectivity index (χ4v) is 5.11. The Morgan fingerprint density at radius 1 is 0.825 bits per heavy atom. The first-order valence-electron chi connectivity index (χ1n) is 13.6. The third kappa shape index (κ3) is 5.31. The minimum Gasteiger partial charge on any atom is -0.473 e. The lowest BCUT2D eigenvalue weighted by atomic mass is 10.1. The molecule has 0 atom stereocenters. The van der Waals surface area contributed by atoms with Gasteiger partial charge in [-0.05, 0) is 48.2 Å². The molecule has 0 aliphatic carbocycles. The van der Waals surface area contributed by atoms with E-state index in [1.54, 1.807) is 22.2 Å². The molecule has 1 aliphatic heterocycles. The Kier molecular flexibility index (Phi) is 7.25. The van der Waals surface area contributed by atoms with Crippen LogP contribution in [0.5, 0.6) is 11.8 Å². The third-order valence-corrected chi connectivity index (χ3v) is 7.37. The van der Waals surface area contributed by atoms with Crippen molar-refractivity contribution in [3.05, 3.63) is 113 Å². The molecule has 6 rings (SSSR count). The molecule has 1 saturated heterocycles. The number of hydrogen-bond acceptors (Lipinski definition) is 6. The second-order valence-electron chi connectivity index (χ2n) is 10.1. The predicted octanol–water partition coefficient (Wildman–Crippen LogP) is 4.84.